The lowest BCUT2D eigenvalue weighted by atomic mass is 9.42. The summed E-state index contributed by atoms with van der Waals surface area (Å²) in [6.07, 6.45) is 14.6. The minimum atomic E-state index is -0.130. The molecule has 192 valence electrons. The van der Waals surface area contributed by atoms with Crippen molar-refractivity contribution in [2.24, 2.45) is 45.8 Å². The van der Waals surface area contributed by atoms with Crippen LogP contribution in [0.25, 0.3) is 0 Å². The average Bonchev–Trinajstić information content (AvgIpc) is 3.40. The fraction of sp³-hybridized carbons (Fsp3) is 0.900. The molecular weight excluding hydrogens is 422 g/mol. The van der Waals surface area contributed by atoms with E-state index in [-0.39, 0.29) is 18.6 Å². The number of likely N-dealkylation sites (tertiary alicyclic amines) is 1. The van der Waals surface area contributed by atoms with Gasteiger partial charge in [-0.2, -0.15) is 0 Å². The SMILES string of the molecule is C[C@H](CCC(=O)N1CC[C@@H](CO)C1)[C@H]1CC[C@@]2(C)[C@@H]3CC=C4C[C@@H](O)CC[C@]4(C)[C@H]3CC[C@]12C. The molecule has 1 aliphatic heterocycles. The van der Waals surface area contributed by atoms with Gasteiger partial charge in [-0.3, -0.25) is 4.79 Å². The van der Waals surface area contributed by atoms with E-state index < -0.39 is 0 Å². The number of fused-ring (bicyclic) bond motifs is 5. The first-order valence-electron chi connectivity index (χ1n) is 14.4. The summed E-state index contributed by atoms with van der Waals surface area (Å²) in [5.41, 5.74) is 2.60. The van der Waals surface area contributed by atoms with E-state index in [1.54, 1.807) is 5.57 Å². The third kappa shape index (κ3) is 3.72. The summed E-state index contributed by atoms with van der Waals surface area (Å²) in [4.78, 5) is 14.8. The molecule has 3 saturated carbocycles. The number of allylic oxidation sites excluding steroid dienone is 1. The van der Waals surface area contributed by atoms with Crippen LogP contribution in [0.15, 0.2) is 11.6 Å². The Kier molecular flexibility index (Phi) is 6.50. The maximum atomic E-state index is 12.9. The molecule has 4 heteroatoms. The highest BCUT2D eigenvalue weighted by atomic mass is 16.3. The zero-order valence-electron chi connectivity index (χ0n) is 22.2. The normalized spacial score (nSPS) is 46.9. The molecule has 0 aromatic carbocycles. The molecule has 1 amide bonds. The Balaban J connectivity index is 1.27. The second-order valence-corrected chi connectivity index (χ2v) is 13.7. The first-order chi connectivity index (χ1) is 16.1. The van der Waals surface area contributed by atoms with Crippen LogP contribution in [-0.2, 0) is 4.79 Å². The maximum Gasteiger partial charge on any atom is 0.222 e. The predicted octanol–water partition coefficient (Wildman–Crippen LogP) is 5.57. The van der Waals surface area contributed by atoms with Crippen LogP contribution in [0, 0.1) is 45.8 Å². The molecule has 4 aliphatic carbocycles. The van der Waals surface area contributed by atoms with Crippen molar-refractivity contribution in [3.05, 3.63) is 11.6 Å². The van der Waals surface area contributed by atoms with Gasteiger partial charge in [0.15, 0.2) is 0 Å². The van der Waals surface area contributed by atoms with Crippen molar-refractivity contribution in [2.75, 3.05) is 19.7 Å². The Labute approximate surface area is 207 Å². The van der Waals surface area contributed by atoms with E-state index in [1.807, 2.05) is 4.90 Å². The first kappa shape index (κ1) is 24.8. The summed E-state index contributed by atoms with van der Waals surface area (Å²) in [6.45, 7) is 12.0. The van der Waals surface area contributed by atoms with Crippen molar-refractivity contribution in [2.45, 2.75) is 104 Å². The fourth-order valence-corrected chi connectivity index (χ4v) is 9.91. The van der Waals surface area contributed by atoms with E-state index in [1.165, 1.54) is 32.1 Å². The summed E-state index contributed by atoms with van der Waals surface area (Å²) in [5.74, 6) is 3.40. The molecule has 5 rings (SSSR count). The number of aliphatic hydroxyl groups is 2. The third-order valence-corrected chi connectivity index (χ3v) is 12.4. The molecule has 0 aromatic heterocycles. The highest BCUT2D eigenvalue weighted by Gasteiger charge is 2.64. The summed E-state index contributed by atoms with van der Waals surface area (Å²) >= 11 is 0. The van der Waals surface area contributed by atoms with Crippen LogP contribution in [0.4, 0.5) is 0 Å². The zero-order chi connectivity index (χ0) is 24.3. The van der Waals surface area contributed by atoms with Gasteiger partial charge in [-0.25, -0.2) is 0 Å². The third-order valence-electron chi connectivity index (χ3n) is 12.4. The number of aliphatic hydroxyl groups excluding tert-OH is 2. The second kappa shape index (κ2) is 8.91. The van der Waals surface area contributed by atoms with Gasteiger partial charge < -0.3 is 15.1 Å². The summed E-state index contributed by atoms with van der Waals surface area (Å²) < 4.78 is 0. The maximum absolute atomic E-state index is 12.9. The van der Waals surface area contributed by atoms with E-state index >= 15 is 0 Å². The lowest BCUT2D eigenvalue weighted by Crippen LogP contribution is -2.55. The number of rotatable bonds is 5. The number of hydrogen-bond acceptors (Lipinski definition) is 3. The topological polar surface area (TPSA) is 60.8 Å². The Bertz CT molecular complexity index is 824. The van der Waals surface area contributed by atoms with Crippen molar-refractivity contribution in [3.8, 4) is 0 Å². The molecule has 0 bridgehead atoms. The zero-order valence-corrected chi connectivity index (χ0v) is 22.2. The predicted molar refractivity (Wildman–Crippen MR) is 136 cm³/mol. The van der Waals surface area contributed by atoms with Crippen LogP contribution in [0.5, 0.6) is 0 Å². The smallest absolute Gasteiger partial charge is 0.222 e. The highest BCUT2D eigenvalue weighted by Crippen LogP contribution is 2.72. The minimum Gasteiger partial charge on any atom is -0.396 e. The molecule has 34 heavy (non-hydrogen) atoms. The molecule has 9 atom stereocenters. The van der Waals surface area contributed by atoms with Gasteiger partial charge in [0.05, 0.1) is 6.10 Å². The molecule has 4 fully saturated rings. The van der Waals surface area contributed by atoms with Gasteiger partial charge >= 0.3 is 0 Å². The minimum absolute atomic E-state index is 0.130. The molecular formula is C30H49NO3. The molecule has 1 saturated heterocycles. The average molecular weight is 472 g/mol. The second-order valence-electron chi connectivity index (χ2n) is 13.7. The number of carbonyl (C=O) groups excluding carboxylic acids is 1. The van der Waals surface area contributed by atoms with E-state index in [0.29, 0.717) is 40.4 Å². The Morgan fingerprint density at radius 1 is 1.09 bits per heavy atom. The van der Waals surface area contributed by atoms with Crippen LogP contribution < -0.4 is 0 Å². The lowest BCUT2D eigenvalue weighted by molar-refractivity contribution is -0.131. The standard InChI is InChI=1S/C30H49NO3/c1-20(5-8-27(34)31-16-12-21(18-31)19-32)24-10-14-30(4)26-7-6-22-17-23(33)9-13-28(22,2)25(26)11-15-29(24,30)3/h6,20-21,23-26,32-33H,5,7-19H2,1-4H3/t20-,21-,23+,24-,25+,26-,28+,29-,30+/m1/s1. The van der Waals surface area contributed by atoms with Crippen LogP contribution in [0.2, 0.25) is 0 Å². The molecule has 1 heterocycles. The Morgan fingerprint density at radius 2 is 1.85 bits per heavy atom. The quantitative estimate of drug-likeness (QED) is 0.515. The highest BCUT2D eigenvalue weighted by molar-refractivity contribution is 5.76. The van der Waals surface area contributed by atoms with E-state index in [4.69, 9.17) is 0 Å². The summed E-state index contributed by atoms with van der Waals surface area (Å²) in [5, 5.41) is 19.7. The monoisotopic (exact) mass is 471 g/mol. The lowest BCUT2D eigenvalue weighted by Gasteiger charge is -2.63. The summed E-state index contributed by atoms with van der Waals surface area (Å²) in [6, 6.07) is 0. The molecule has 0 radical (unpaired) electrons. The number of hydrogen-bond donors (Lipinski definition) is 2. The van der Waals surface area contributed by atoms with Crippen LogP contribution in [-0.4, -0.2) is 46.8 Å². The molecule has 0 spiro atoms. The van der Waals surface area contributed by atoms with Gasteiger partial charge in [0.2, 0.25) is 5.91 Å². The number of nitrogens with zero attached hydrogens (tertiary/aromatic N) is 1. The van der Waals surface area contributed by atoms with Gasteiger partial charge in [0, 0.05) is 32.0 Å². The van der Waals surface area contributed by atoms with Gasteiger partial charge in [-0.15, -0.1) is 0 Å². The summed E-state index contributed by atoms with van der Waals surface area (Å²) in [7, 11) is 0. The fourth-order valence-electron chi connectivity index (χ4n) is 9.91. The van der Waals surface area contributed by atoms with Crippen molar-refractivity contribution in [1.82, 2.24) is 4.90 Å². The molecule has 5 aliphatic rings. The van der Waals surface area contributed by atoms with Crippen molar-refractivity contribution in [3.63, 3.8) is 0 Å². The van der Waals surface area contributed by atoms with E-state index in [0.717, 1.165) is 57.0 Å². The molecule has 2 N–H and O–H groups in total. The Hall–Kier alpha value is -0.870. The van der Waals surface area contributed by atoms with Crippen LogP contribution >= 0.6 is 0 Å². The molecule has 4 nitrogen and oxygen atoms in total. The molecule has 0 unspecified atom stereocenters. The van der Waals surface area contributed by atoms with Crippen molar-refractivity contribution in [1.29, 1.82) is 0 Å². The molecule has 0 aromatic rings. The number of amides is 1. The van der Waals surface area contributed by atoms with Crippen molar-refractivity contribution < 1.29 is 15.0 Å². The van der Waals surface area contributed by atoms with E-state index in [9.17, 15) is 15.0 Å². The first-order valence-corrected chi connectivity index (χ1v) is 14.4. The van der Waals surface area contributed by atoms with E-state index in [2.05, 4.69) is 33.8 Å². The van der Waals surface area contributed by atoms with Gasteiger partial charge in [-0.1, -0.05) is 39.3 Å². The van der Waals surface area contributed by atoms with Gasteiger partial charge in [0.25, 0.3) is 0 Å². The van der Waals surface area contributed by atoms with Crippen LogP contribution in [0.1, 0.15) is 98.3 Å². The largest absolute Gasteiger partial charge is 0.396 e. The van der Waals surface area contributed by atoms with Gasteiger partial charge in [0.1, 0.15) is 0 Å². The number of carbonyl (C=O) groups is 1. The van der Waals surface area contributed by atoms with Crippen LogP contribution in [0.3, 0.4) is 0 Å². The van der Waals surface area contributed by atoms with Gasteiger partial charge in [-0.05, 0) is 104 Å². The Morgan fingerprint density at radius 3 is 2.59 bits per heavy atom. The van der Waals surface area contributed by atoms with Crippen molar-refractivity contribution >= 4 is 5.91 Å².